The van der Waals surface area contributed by atoms with Crippen LogP contribution in [-0.2, 0) is 19.1 Å². The van der Waals surface area contributed by atoms with Gasteiger partial charge >= 0.3 is 11.9 Å². The summed E-state index contributed by atoms with van der Waals surface area (Å²) in [5.41, 5.74) is 0. The lowest BCUT2D eigenvalue weighted by Gasteiger charge is -2.13. The predicted octanol–water partition coefficient (Wildman–Crippen LogP) is -1.80. The summed E-state index contributed by atoms with van der Waals surface area (Å²) >= 11 is 0. The van der Waals surface area contributed by atoms with E-state index in [1.165, 1.54) is 13.8 Å². The lowest BCUT2D eigenvalue weighted by molar-refractivity contribution is -0.161. The van der Waals surface area contributed by atoms with E-state index in [9.17, 15) is 14.7 Å². The summed E-state index contributed by atoms with van der Waals surface area (Å²) in [5, 5.41) is 26.7. The van der Waals surface area contributed by atoms with E-state index in [4.69, 9.17) is 10.2 Å². The summed E-state index contributed by atoms with van der Waals surface area (Å²) in [6, 6.07) is 0. The largest absolute Gasteiger partial charge is 0.461 e. The van der Waals surface area contributed by atoms with Crippen LogP contribution in [0, 0.1) is 0 Å². The molecule has 0 spiro atoms. The van der Waals surface area contributed by atoms with E-state index >= 15 is 0 Å². The first-order valence-corrected chi connectivity index (χ1v) is 4.72. The van der Waals surface area contributed by atoms with Crippen molar-refractivity contribution in [3.05, 3.63) is 0 Å². The Labute approximate surface area is 92.6 Å². The molecule has 3 atom stereocenters. The van der Waals surface area contributed by atoms with Crippen molar-refractivity contribution in [1.29, 1.82) is 0 Å². The van der Waals surface area contributed by atoms with Gasteiger partial charge in [-0.1, -0.05) is 0 Å². The summed E-state index contributed by atoms with van der Waals surface area (Å²) in [4.78, 5) is 21.5. The van der Waals surface area contributed by atoms with Crippen molar-refractivity contribution >= 4 is 11.9 Å². The molecule has 0 heterocycles. The molecule has 0 aliphatic heterocycles. The van der Waals surface area contributed by atoms with Gasteiger partial charge in [0.1, 0.15) is 31.5 Å². The normalized spacial score (nSPS) is 16.1. The number of hydrogen-bond acceptors (Lipinski definition) is 7. The van der Waals surface area contributed by atoms with Crippen molar-refractivity contribution in [2.45, 2.75) is 32.2 Å². The number of aliphatic hydroxyl groups excluding tert-OH is 3. The molecule has 1 unspecified atom stereocenters. The van der Waals surface area contributed by atoms with Gasteiger partial charge in [0.05, 0.1) is 0 Å². The van der Waals surface area contributed by atoms with Gasteiger partial charge < -0.3 is 24.8 Å². The zero-order chi connectivity index (χ0) is 12.7. The van der Waals surface area contributed by atoms with Crippen molar-refractivity contribution in [1.82, 2.24) is 0 Å². The summed E-state index contributed by atoms with van der Waals surface area (Å²) < 4.78 is 8.93. The van der Waals surface area contributed by atoms with E-state index in [1.807, 2.05) is 0 Å². The average Bonchev–Trinajstić information content (AvgIpc) is 2.21. The second kappa shape index (κ2) is 7.15. The molecule has 0 radical (unpaired) electrons. The van der Waals surface area contributed by atoms with E-state index in [0.717, 1.165) is 0 Å². The van der Waals surface area contributed by atoms with E-state index in [2.05, 4.69) is 9.47 Å². The summed E-state index contributed by atoms with van der Waals surface area (Å²) in [5.74, 6) is -1.75. The number of hydrogen-bond donors (Lipinski definition) is 3. The number of aliphatic hydroxyl groups is 3. The first-order chi connectivity index (χ1) is 7.34. The average molecular weight is 236 g/mol. The molecule has 0 aromatic rings. The fourth-order valence-electron chi connectivity index (χ4n) is 0.646. The standard InChI is InChI=1S/C9H16O7/c1-5(10)8(13)15-3-7(12)4-16-9(14)6(2)11/h5-7,10-12H,3-4H2,1-2H3/t5-,6+,7?. The van der Waals surface area contributed by atoms with E-state index < -0.39 is 43.5 Å². The minimum absolute atomic E-state index is 0.392. The second-order valence-electron chi connectivity index (χ2n) is 3.27. The van der Waals surface area contributed by atoms with Crippen LogP contribution in [-0.4, -0.2) is 58.8 Å². The van der Waals surface area contributed by atoms with Crippen molar-refractivity contribution in [3.8, 4) is 0 Å². The number of rotatable bonds is 6. The number of carbonyl (C=O) groups excluding carboxylic acids is 2. The Kier molecular flexibility index (Phi) is 6.63. The minimum Gasteiger partial charge on any atom is -0.461 e. The zero-order valence-corrected chi connectivity index (χ0v) is 9.12. The molecule has 94 valence electrons. The third-order valence-electron chi connectivity index (χ3n) is 1.52. The molecule has 0 aliphatic rings. The highest BCUT2D eigenvalue weighted by atomic mass is 16.6. The van der Waals surface area contributed by atoms with Crippen LogP contribution in [0.5, 0.6) is 0 Å². The van der Waals surface area contributed by atoms with Gasteiger partial charge in [0.25, 0.3) is 0 Å². The maximum Gasteiger partial charge on any atom is 0.334 e. The Morgan fingerprint density at radius 2 is 1.25 bits per heavy atom. The molecular weight excluding hydrogens is 220 g/mol. The van der Waals surface area contributed by atoms with E-state index in [-0.39, 0.29) is 0 Å². The van der Waals surface area contributed by atoms with Crippen LogP contribution in [0.15, 0.2) is 0 Å². The lowest BCUT2D eigenvalue weighted by atomic mass is 10.4. The molecular formula is C9H16O7. The molecule has 0 aromatic carbocycles. The van der Waals surface area contributed by atoms with Crippen molar-refractivity contribution in [3.63, 3.8) is 0 Å². The Hall–Kier alpha value is -1.18. The topological polar surface area (TPSA) is 113 Å². The third kappa shape index (κ3) is 6.33. The maximum absolute atomic E-state index is 10.8. The molecule has 0 amide bonds. The van der Waals surface area contributed by atoms with Crippen molar-refractivity contribution < 1.29 is 34.4 Å². The summed E-state index contributed by atoms with van der Waals surface area (Å²) in [7, 11) is 0. The molecule has 0 saturated carbocycles. The zero-order valence-electron chi connectivity index (χ0n) is 9.12. The molecule has 0 bridgehead atoms. The molecule has 3 N–H and O–H groups in total. The lowest BCUT2D eigenvalue weighted by Crippen LogP contribution is -2.30. The van der Waals surface area contributed by atoms with Crippen LogP contribution < -0.4 is 0 Å². The Bertz CT molecular complexity index is 212. The SMILES string of the molecule is C[C@H](O)C(=O)OCC(O)COC(=O)[C@@H](C)O. The molecule has 0 fully saturated rings. The first-order valence-electron chi connectivity index (χ1n) is 4.72. The van der Waals surface area contributed by atoms with Crippen LogP contribution in [0.25, 0.3) is 0 Å². The molecule has 16 heavy (non-hydrogen) atoms. The molecule has 0 rings (SSSR count). The highest BCUT2D eigenvalue weighted by Crippen LogP contribution is 1.94. The minimum atomic E-state index is -1.27. The van der Waals surface area contributed by atoms with Gasteiger partial charge in [-0.15, -0.1) is 0 Å². The van der Waals surface area contributed by atoms with E-state index in [0.29, 0.717) is 0 Å². The van der Waals surface area contributed by atoms with Crippen LogP contribution >= 0.6 is 0 Å². The van der Waals surface area contributed by atoms with Gasteiger partial charge in [-0.3, -0.25) is 0 Å². The van der Waals surface area contributed by atoms with Gasteiger partial charge in [0.15, 0.2) is 0 Å². The fraction of sp³-hybridized carbons (Fsp3) is 0.778. The van der Waals surface area contributed by atoms with Gasteiger partial charge in [-0.05, 0) is 13.8 Å². The Balaban J connectivity index is 3.71. The van der Waals surface area contributed by atoms with Gasteiger partial charge in [-0.2, -0.15) is 0 Å². The third-order valence-corrected chi connectivity index (χ3v) is 1.52. The first kappa shape index (κ1) is 14.8. The van der Waals surface area contributed by atoms with Crippen LogP contribution in [0.2, 0.25) is 0 Å². The van der Waals surface area contributed by atoms with Crippen LogP contribution in [0.3, 0.4) is 0 Å². The van der Waals surface area contributed by atoms with Crippen molar-refractivity contribution in [2.24, 2.45) is 0 Å². The fourth-order valence-corrected chi connectivity index (χ4v) is 0.646. The maximum atomic E-state index is 10.8. The Morgan fingerprint density at radius 3 is 1.50 bits per heavy atom. The number of carbonyl (C=O) groups is 2. The van der Waals surface area contributed by atoms with Gasteiger partial charge in [-0.25, -0.2) is 9.59 Å². The predicted molar refractivity (Wildman–Crippen MR) is 51.3 cm³/mol. The monoisotopic (exact) mass is 236 g/mol. The van der Waals surface area contributed by atoms with Crippen LogP contribution in [0.1, 0.15) is 13.8 Å². The molecule has 0 aliphatic carbocycles. The van der Waals surface area contributed by atoms with Crippen LogP contribution in [0.4, 0.5) is 0 Å². The van der Waals surface area contributed by atoms with Crippen molar-refractivity contribution in [2.75, 3.05) is 13.2 Å². The molecule has 0 saturated heterocycles. The molecule has 7 heteroatoms. The molecule has 7 nitrogen and oxygen atoms in total. The second-order valence-corrected chi connectivity index (χ2v) is 3.27. The number of ether oxygens (including phenoxy) is 2. The van der Waals surface area contributed by atoms with Gasteiger partial charge in [0, 0.05) is 0 Å². The quantitative estimate of drug-likeness (QED) is 0.466. The summed E-state index contributed by atoms with van der Waals surface area (Å²) in [6.07, 6.45) is -3.73. The summed E-state index contributed by atoms with van der Waals surface area (Å²) in [6.45, 7) is 1.66. The molecule has 0 aromatic heterocycles. The highest BCUT2D eigenvalue weighted by Gasteiger charge is 2.16. The van der Waals surface area contributed by atoms with E-state index in [1.54, 1.807) is 0 Å². The smallest absolute Gasteiger partial charge is 0.334 e. The Morgan fingerprint density at radius 1 is 0.938 bits per heavy atom. The highest BCUT2D eigenvalue weighted by molar-refractivity contribution is 5.74. The van der Waals surface area contributed by atoms with Gasteiger partial charge in [0.2, 0.25) is 0 Å². The number of esters is 2.